The van der Waals surface area contributed by atoms with Gasteiger partial charge >= 0.3 is 0 Å². The first-order valence-corrected chi connectivity index (χ1v) is 7.35. The van der Waals surface area contributed by atoms with Gasteiger partial charge in [-0.2, -0.15) is 5.10 Å². The Hall–Kier alpha value is -1.68. The molecule has 0 aromatic carbocycles. The monoisotopic (exact) mass is 273 g/mol. The summed E-state index contributed by atoms with van der Waals surface area (Å²) in [5, 5.41) is 14.7. The lowest BCUT2D eigenvalue weighted by molar-refractivity contribution is 0.162. The van der Waals surface area contributed by atoms with Crippen LogP contribution in [0.1, 0.15) is 37.2 Å². The van der Waals surface area contributed by atoms with Crippen LogP contribution >= 0.6 is 0 Å². The molecular weight excluding hydrogens is 250 g/mol. The van der Waals surface area contributed by atoms with E-state index in [1.54, 1.807) is 6.20 Å². The molecule has 2 heterocycles. The van der Waals surface area contributed by atoms with Gasteiger partial charge in [0.15, 0.2) is 0 Å². The highest BCUT2D eigenvalue weighted by atomic mass is 16.3. The van der Waals surface area contributed by atoms with E-state index in [4.69, 9.17) is 0 Å². The zero-order valence-corrected chi connectivity index (χ0v) is 12.3. The summed E-state index contributed by atoms with van der Waals surface area (Å²) in [5.74, 6) is 0. The minimum Gasteiger partial charge on any atom is -0.393 e. The molecule has 0 fully saturated rings. The lowest BCUT2D eigenvalue weighted by atomic mass is 10.0. The summed E-state index contributed by atoms with van der Waals surface area (Å²) in [6, 6.07) is 6.09. The third-order valence-corrected chi connectivity index (χ3v) is 3.51. The molecule has 1 N–H and O–H groups in total. The Morgan fingerprint density at radius 3 is 2.85 bits per heavy atom. The standard InChI is InChI=1S/C16H23N3O/c1-3-14-10-15(19(4-2)18-14)11-16(20)8-7-13-6-5-9-17-12-13/h5-6,9-10,12,16,20H,3-4,7-8,11H2,1-2H3. The fourth-order valence-electron chi connectivity index (χ4n) is 2.35. The number of aliphatic hydroxyl groups is 1. The molecule has 2 rings (SSSR count). The summed E-state index contributed by atoms with van der Waals surface area (Å²) in [5.41, 5.74) is 3.40. The van der Waals surface area contributed by atoms with Gasteiger partial charge in [0.25, 0.3) is 0 Å². The predicted octanol–water partition coefficient (Wildman–Crippen LogP) is 2.40. The first kappa shape index (κ1) is 14.7. The second kappa shape index (κ2) is 7.20. The van der Waals surface area contributed by atoms with Crippen molar-refractivity contribution in [1.29, 1.82) is 0 Å². The van der Waals surface area contributed by atoms with Gasteiger partial charge in [0, 0.05) is 31.1 Å². The Balaban J connectivity index is 1.91. The van der Waals surface area contributed by atoms with Gasteiger partial charge in [0.1, 0.15) is 0 Å². The third kappa shape index (κ3) is 3.90. The maximum atomic E-state index is 10.2. The molecule has 0 saturated carbocycles. The third-order valence-electron chi connectivity index (χ3n) is 3.51. The van der Waals surface area contributed by atoms with Crippen LogP contribution in [0.2, 0.25) is 0 Å². The van der Waals surface area contributed by atoms with E-state index in [0.717, 1.165) is 37.2 Å². The molecule has 0 aliphatic carbocycles. The van der Waals surface area contributed by atoms with Crippen LogP contribution in [0.15, 0.2) is 30.6 Å². The number of hydrogen-bond donors (Lipinski definition) is 1. The summed E-state index contributed by atoms with van der Waals surface area (Å²) < 4.78 is 1.99. The van der Waals surface area contributed by atoms with Gasteiger partial charge in [-0.25, -0.2) is 0 Å². The molecule has 0 bridgehead atoms. The largest absolute Gasteiger partial charge is 0.393 e. The molecule has 108 valence electrons. The molecule has 0 aliphatic rings. The van der Waals surface area contributed by atoms with Gasteiger partial charge in [0.2, 0.25) is 0 Å². The van der Waals surface area contributed by atoms with Crippen molar-refractivity contribution in [3.05, 3.63) is 47.5 Å². The normalized spacial score (nSPS) is 12.6. The number of aliphatic hydroxyl groups excluding tert-OH is 1. The molecule has 4 heteroatoms. The van der Waals surface area contributed by atoms with Crippen molar-refractivity contribution in [3.63, 3.8) is 0 Å². The summed E-state index contributed by atoms with van der Waals surface area (Å²) in [6.45, 7) is 5.04. The van der Waals surface area contributed by atoms with Crippen LogP contribution in [0, 0.1) is 0 Å². The van der Waals surface area contributed by atoms with Gasteiger partial charge in [0.05, 0.1) is 11.8 Å². The lowest BCUT2D eigenvalue weighted by Gasteiger charge is -2.11. The van der Waals surface area contributed by atoms with Crippen LogP contribution in [-0.4, -0.2) is 26.0 Å². The number of hydrogen-bond acceptors (Lipinski definition) is 3. The number of aromatic nitrogens is 3. The van der Waals surface area contributed by atoms with E-state index in [2.05, 4.69) is 30.0 Å². The molecule has 0 amide bonds. The van der Waals surface area contributed by atoms with Gasteiger partial charge < -0.3 is 5.11 Å². The van der Waals surface area contributed by atoms with Crippen molar-refractivity contribution in [2.24, 2.45) is 0 Å². The van der Waals surface area contributed by atoms with Gasteiger partial charge in [-0.15, -0.1) is 0 Å². The molecule has 20 heavy (non-hydrogen) atoms. The number of rotatable bonds is 7. The maximum Gasteiger partial charge on any atom is 0.0624 e. The quantitative estimate of drug-likeness (QED) is 0.842. The maximum absolute atomic E-state index is 10.2. The second-order valence-electron chi connectivity index (χ2n) is 5.05. The van der Waals surface area contributed by atoms with Crippen molar-refractivity contribution in [3.8, 4) is 0 Å². The van der Waals surface area contributed by atoms with E-state index in [1.165, 1.54) is 5.56 Å². The van der Waals surface area contributed by atoms with Crippen LogP contribution in [0.5, 0.6) is 0 Å². The zero-order chi connectivity index (χ0) is 14.4. The molecule has 2 aromatic heterocycles. The Morgan fingerprint density at radius 2 is 2.20 bits per heavy atom. The van der Waals surface area contributed by atoms with E-state index in [1.807, 2.05) is 23.0 Å². The molecule has 2 aromatic rings. The number of pyridine rings is 1. The average Bonchev–Trinajstić information content (AvgIpc) is 2.88. The fourth-order valence-corrected chi connectivity index (χ4v) is 2.35. The second-order valence-corrected chi connectivity index (χ2v) is 5.05. The fraction of sp³-hybridized carbons (Fsp3) is 0.500. The van der Waals surface area contributed by atoms with Gasteiger partial charge in [-0.1, -0.05) is 13.0 Å². The highest BCUT2D eigenvalue weighted by Gasteiger charge is 2.11. The summed E-state index contributed by atoms with van der Waals surface area (Å²) in [4.78, 5) is 4.09. The van der Waals surface area contributed by atoms with Crippen LogP contribution in [0.4, 0.5) is 0 Å². The van der Waals surface area contributed by atoms with Crippen molar-refractivity contribution >= 4 is 0 Å². The van der Waals surface area contributed by atoms with E-state index in [-0.39, 0.29) is 6.10 Å². The predicted molar refractivity (Wildman–Crippen MR) is 79.5 cm³/mol. The van der Waals surface area contributed by atoms with E-state index >= 15 is 0 Å². The summed E-state index contributed by atoms with van der Waals surface area (Å²) in [7, 11) is 0. The van der Waals surface area contributed by atoms with E-state index < -0.39 is 0 Å². The van der Waals surface area contributed by atoms with Crippen LogP contribution < -0.4 is 0 Å². The molecular formula is C16H23N3O. The van der Waals surface area contributed by atoms with Gasteiger partial charge in [-0.05, 0) is 43.9 Å². The molecule has 0 saturated heterocycles. The number of aryl methyl sites for hydroxylation is 3. The Labute approximate surface area is 120 Å². The minimum absolute atomic E-state index is 0.332. The minimum atomic E-state index is -0.332. The molecule has 0 aliphatic heterocycles. The highest BCUT2D eigenvalue weighted by molar-refractivity contribution is 5.12. The lowest BCUT2D eigenvalue weighted by Crippen LogP contribution is -2.15. The van der Waals surface area contributed by atoms with E-state index in [9.17, 15) is 5.11 Å². The van der Waals surface area contributed by atoms with Crippen molar-refractivity contribution < 1.29 is 5.11 Å². The average molecular weight is 273 g/mol. The SMILES string of the molecule is CCc1cc(CC(O)CCc2cccnc2)n(CC)n1. The smallest absolute Gasteiger partial charge is 0.0624 e. The Bertz CT molecular complexity index is 522. The van der Waals surface area contributed by atoms with Crippen molar-refractivity contribution in [2.45, 2.75) is 52.2 Å². The topological polar surface area (TPSA) is 50.9 Å². The highest BCUT2D eigenvalue weighted by Crippen LogP contribution is 2.12. The van der Waals surface area contributed by atoms with Crippen LogP contribution in [0.25, 0.3) is 0 Å². The molecule has 1 atom stereocenters. The zero-order valence-electron chi connectivity index (χ0n) is 12.3. The Morgan fingerprint density at radius 1 is 1.35 bits per heavy atom. The molecule has 4 nitrogen and oxygen atoms in total. The van der Waals surface area contributed by atoms with Crippen LogP contribution in [-0.2, 0) is 25.8 Å². The first-order valence-electron chi connectivity index (χ1n) is 7.35. The summed E-state index contributed by atoms with van der Waals surface area (Å²) >= 11 is 0. The van der Waals surface area contributed by atoms with Crippen LogP contribution in [0.3, 0.4) is 0 Å². The van der Waals surface area contributed by atoms with Gasteiger partial charge in [-0.3, -0.25) is 9.67 Å². The Kier molecular flexibility index (Phi) is 5.30. The van der Waals surface area contributed by atoms with Crippen molar-refractivity contribution in [1.82, 2.24) is 14.8 Å². The van der Waals surface area contributed by atoms with E-state index in [0.29, 0.717) is 6.42 Å². The molecule has 0 radical (unpaired) electrons. The molecule has 0 spiro atoms. The number of nitrogens with zero attached hydrogens (tertiary/aromatic N) is 3. The molecule has 1 unspecified atom stereocenters. The van der Waals surface area contributed by atoms with Crippen molar-refractivity contribution in [2.75, 3.05) is 0 Å². The first-order chi connectivity index (χ1) is 9.72. The summed E-state index contributed by atoms with van der Waals surface area (Å²) in [6.07, 6.45) is 6.51.